The monoisotopic (exact) mass is 169 g/mol. The van der Waals surface area contributed by atoms with Gasteiger partial charge in [-0.25, -0.2) is 0 Å². The van der Waals surface area contributed by atoms with Crippen LogP contribution in [0.1, 0.15) is 13.8 Å². The molecule has 0 aromatic heterocycles. The zero-order valence-electron chi connectivity index (χ0n) is 8.52. The summed E-state index contributed by atoms with van der Waals surface area (Å²) < 4.78 is 0. The van der Waals surface area contributed by atoms with E-state index < -0.39 is 0 Å². The number of hydrogen-bond acceptors (Lipinski definition) is 3. The van der Waals surface area contributed by atoms with Crippen molar-refractivity contribution in [2.24, 2.45) is 10.4 Å². The van der Waals surface area contributed by atoms with Gasteiger partial charge in [-0.15, -0.1) is 0 Å². The molecule has 3 heteroatoms. The van der Waals surface area contributed by atoms with E-state index in [4.69, 9.17) is 0 Å². The van der Waals surface area contributed by atoms with Crippen LogP contribution in [0.25, 0.3) is 0 Å². The normalized spacial score (nSPS) is 17.9. The van der Waals surface area contributed by atoms with E-state index >= 15 is 0 Å². The SMILES string of the molecule is CN(C)CC(C)(C)C1=NCCN1. The first-order valence-corrected chi connectivity index (χ1v) is 4.46. The Morgan fingerprint density at radius 3 is 2.58 bits per heavy atom. The number of nitrogens with zero attached hydrogens (tertiary/aromatic N) is 2. The maximum Gasteiger partial charge on any atom is 0.103 e. The summed E-state index contributed by atoms with van der Waals surface area (Å²) >= 11 is 0. The lowest BCUT2D eigenvalue weighted by atomic mass is 9.91. The van der Waals surface area contributed by atoms with Crippen LogP contribution in [0, 0.1) is 5.41 Å². The Balaban J connectivity index is 2.57. The topological polar surface area (TPSA) is 27.6 Å². The predicted molar refractivity (Wildman–Crippen MR) is 52.6 cm³/mol. The molecule has 0 aromatic carbocycles. The standard InChI is InChI=1S/C9H19N3/c1-9(2,7-12(3)4)8-10-5-6-11-8/h5-7H2,1-4H3,(H,10,11). The lowest BCUT2D eigenvalue weighted by Gasteiger charge is -2.28. The molecule has 0 saturated heterocycles. The molecule has 0 spiro atoms. The molecule has 0 aliphatic carbocycles. The van der Waals surface area contributed by atoms with Gasteiger partial charge < -0.3 is 10.2 Å². The summed E-state index contributed by atoms with van der Waals surface area (Å²) in [6.07, 6.45) is 0. The van der Waals surface area contributed by atoms with Gasteiger partial charge in [0, 0.05) is 18.5 Å². The van der Waals surface area contributed by atoms with E-state index in [0.717, 1.165) is 25.5 Å². The first-order chi connectivity index (χ1) is 5.52. The number of aliphatic imine (C=N–C) groups is 1. The summed E-state index contributed by atoms with van der Waals surface area (Å²) in [5, 5.41) is 3.33. The second kappa shape index (κ2) is 3.44. The molecule has 0 fully saturated rings. The molecule has 0 amide bonds. The molecule has 1 rings (SSSR count). The van der Waals surface area contributed by atoms with Crippen molar-refractivity contribution >= 4 is 5.84 Å². The number of hydrogen-bond donors (Lipinski definition) is 1. The zero-order valence-corrected chi connectivity index (χ0v) is 8.52. The quantitative estimate of drug-likeness (QED) is 0.669. The van der Waals surface area contributed by atoms with Gasteiger partial charge >= 0.3 is 0 Å². The van der Waals surface area contributed by atoms with Crippen LogP contribution >= 0.6 is 0 Å². The van der Waals surface area contributed by atoms with Crippen molar-refractivity contribution < 1.29 is 0 Å². The molecule has 1 aliphatic rings. The van der Waals surface area contributed by atoms with Gasteiger partial charge in [-0.2, -0.15) is 0 Å². The van der Waals surface area contributed by atoms with E-state index in [0.29, 0.717) is 0 Å². The van der Waals surface area contributed by atoms with Crippen molar-refractivity contribution in [2.75, 3.05) is 33.7 Å². The second-order valence-corrected chi connectivity index (χ2v) is 4.28. The average Bonchev–Trinajstić information content (AvgIpc) is 2.32. The van der Waals surface area contributed by atoms with Gasteiger partial charge in [0.25, 0.3) is 0 Å². The summed E-state index contributed by atoms with van der Waals surface area (Å²) in [4.78, 5) is 6.64. The maximum absolute atomic E-state index is 4.44. The van der Waals surface area contributed by atoms with Gasteiger partial charge in [0.1, 0.15) is 5.84 Å². The molecular weight excluding hydrogens is 150 g/mol. The average molecular weight is 169 g/mol. The minimum Gasteiger partial charge on any atom is -0.371 e. The van der Waals surface area contributed by atoms with Crippen molar-refractivity contribution in [1.29, 1.82) is 0 Å². The van der Waals surface area contributed by atoms with E-state index in [-0.39, 0.29) is 5.41 Å². The maximum atomic E-state index is 4.44. The molecule has 0 unspecified atom stereocenters. The van der Waals surface area contributed by atoms with Crippen LogP contribution in [0.5, 0.6) is 0 Å². The molecule has 1 heterocycles. The molecule has 1 N–H and O–H groups in total. The first kappa shape index (κ1) is 9.52. The van der Waals surface area contributed by atoms with Crippen molar-refractivity contribution in [1.82, 2.24) is 10.2 Å². The number of amidine groups is 1. The highest BCUT2D eigenvalue weighted by Crippen LogP contribution is 2.18. The van der Waals surface area contributed by atoms with Crippen LogP contribution < -0.4 is 5.32 Å². The minimum absolute atomic E-state index is 0.167. The lowest BCUT2D eigenvalue weighted by Crippen LogP contribution is -2.41. The Labute approximate surface area is 74.9 Å². The van der Waals surface area contributed by atoms with Crippen LogP contribution in [0.3, 0.4) is 0 Å². The van der Waals surface area contributed by atoms with Crippen LogP contribution in [0.4, 0.5) is 0 Å². The highest BCUT2D eigenvalue weighted by Gasteiger charge is 2.27. The van der Waals surface area contributed by atoms with Crippen molar-refractivity contribution in [3.63, 3.8) is 0 Å². The van der Waals surface area contributed by atoms with Gasteiger partial charge in [-0.05, 0) is 14.1 Å². The number of rotatable bonds is 3. The van der Waals surface area contributed by atoms with Crippen LogP contribution in [-0.2, 0) is 0 Å². The summed E-state index contributed by atoms with van der Waals surface area (Å²) in [6.45, 7) is 7.44. The summed E-state index contributed by atoms with van der Waals surface area (Å²) in [5.74, 6) is 1.16. The van der Waals surface area contributed by atoms with E-state index in [1.54, 1.807) is 0 Å². The lowest BCUT2D eigenvalue weighted by molar-refractivity contribution is 0.307. The molecule has 0 bridgehead atoms. The Morgan fingerprint density at radius 2 is 2.17 bits per heavy atom. The zero-order chi connectivity index (χ0) is 9.19. The van der Waals surface area contributed by atoms with E-state index in [9.17, 15) is 0 Å². The van der Waals surface area contributed by atoms with Gasteiger partial charge in [0.2, 0.25) is 0 Å². The van der Waals surface area contributed by atoms with E-state index in [1.165, 1.54) is 0 Å². The third-order valence-corrected chi connectivity index (χ3v) is 2.03. The molecule has 3 nitrogen and oxygen atoms in total. The van der Waals surface area contributed by atoms with Gasteiger partial charge in [-0.3, -0.25) is 4.99 Å². The first-order valence-electron chi connectivity index (χ1n) is 4.46. The van der Waals surface area contributed by atoms with Gasteiger partial charge in [0.05, 0.1) is 6.54 Å². The smallest absolute Gasteiger partial charge is 0.103 e. The van der Waals surface area contributed by atoms with Gasteiger partial charge in [0.15, 0.2) is 0 Å². The van der Waals surface area contributed by atoms with Gasteiger partial charge in [-0.1, -0.05) is 13.8 Å². The molecule has 1 aliphatic heterocycles. The summed E-state index contributed by atoms with van der Waals surface area (Å²) in [5.41, 5.74) is 0.167. The Morgan fingerprint density at radius 1 is 1.50 bits per heavy atom. The highest BCUT2D eigenvalue weighted by molar-refractivity contribution is 5.88. The molecule has 70 valence electrons. The third-order valence-electron chi connectivity index (χ3n) is 2.03. The van der Waals surface area contributed by atoms with Crippen molar-refractivity contribution in [3.8, 4) is 0 Å². The fourth-order valence-electron chi connectivity index (χ4n) is 1.72. The van der Waals surface area contributed by atoms with Crippen molar-refractivity contribution in [2.45, 2.75) is 13.8 Å². The Bertz CT molecular complexity index is 182. The highest BCUT2D eigenvalue weighted by atomic mass is 15.1. The van der Waals surface area contributed by atoms with Crippen LogP contribution in [-0.4, -0.2) is 44.5 Å². The van der Waals surface area contributed by atoms with Crippen LogP contribution in [0.2, 0.25) is 0 Å². The van der Waals surface area contributed by atoms with E-state index in [1.807, 2.05) is 0 Å². The van der Waals surface area contributed by atoms with E-state index in [2.05, 4.69) is 43.2 Å². The Hall–Kier alpha value is -0.570. The molecule has 12 heavy (non-hydrogen) atoms. The molecular formula is C9H19N3. The fourth-order valence-corrected chi connectivity index (χ4v) is 1.72. The fraction of sp³-hybridized carbons (Fsp3) is 0.889. The number of nitrogens with one attached hydrogen (secondary N) is 1. The second-order valence-electron chi connectivity index (χ2n) is 4.28. The molecule has 0 aromatic rings. The minimum atomic E-state index is 0.167. The van der Waals surface area contributed by atoms with Crippen LogP contribution in [0.15, 0.2) is 4.99 Å². The van der Waals surface area contributed by atoms with Crippen molar-refractivity contribution in [3.05, 3.63) is 0 Å². The summed E-state index contributed by atoms with van der Waals surface area (Å²) in [6, 6.07) is 0. The molecule has 0 atom stereocenters. The summed E-state index contributed by atoms with van der Waals surface area (Å²) in [7, 11) is 4.19. The Kier molecular flexibility index (Phi) is 2.73. The molecule has 0 radical (unpaired) electrons. The predicted octanol–water partition coefficient (Wildman–Crippen LogP) is 0.576. The molecule has 0 saturated carbocycles. The third kappa shape index (κ3) is 2.21. The largest absolute Gasteiger partial charge is 0.371 e.